The van der Waals surface area contributed by atoms with Crippen molar-refractivity contribution in [3.63, 3.8) is 0 Å². The fraction of sp³-hybridized carbons (Fsp3) is 0.364. The number of rotatable bonds is 7. The maximum atomic E-state index is 13.0. The molecule has 3 rings (SSSR count). The third-order valence-corrected chi connectivity index (χ3v) is 6.49. The van der Waals surface area contributed by atoms with Gasteiger partial charge in [-0.25, -0.2) is 4.79 Å². The summed E-state index contributed by atoms with van der Waals surface area (Å²) in [6, 6.07) is 10.1. The average Bonchev–Trinajstić information content (AvgIpc) is 2.96. The van der Waals surface area contributed by atoms with Crippen molar-refractivity contribution in [1.29, 1.82) is 0 Å². The van der Waals surface area contributed by atoms with E-state index in [-0.39, 0.29) is 18.4 Å². The number of nitrogens with zero attached hydrogens (tertiary/aromatic N) is 2. The number of hydrogen-bond donors (Lipinski definition) is 0. The van der Waals surface area contributed by atoms with Gasteiger partial charge in [-0.2, -0.15) is 0 Å². The zero-order chi connectivity index (χ0) is 21.1. The number of aromatic nitrogens is 1. The first kappa shape index (κ1) is 21.9. The lowest BCUT2D eigenvalue weighted by Gasteiger charge is -2.17. The summed E-state index contributed by atoms with van der Waals surface area (Å²) in [7, 11) is 5.78. The lowest BCUT2D eigenvalue weighted by atomic mass is 9.98. The number of thioether (sulfide) groups is 1. The van der Waals surface area contributed by atoms with Gasteiger partial charge in [-0.1, -0.05) is 34.1 Å². The molecule has 1 aliphatic carbocycles. The van der Waals surface area contributed by atoms with Crippen LogP contribution >= 0.6 is 27.7 Å². The first-order valence-electron chi connectivity index (χ1n) is 9.45. The third kappa shape index (κ3) is 4.52. The predicted molar refractivity (Wildman–Crippen MR) is 121 cm³/mol. The Morgan fingerprint density at radius 2 is 1.97 bits per heavy atom. The molecule has 0 saturated carbocycles. The van der Waals surface area contributed by atoms with Crippen LogP contribution in [0, 0.1) is 0 Å². The van der Waals surface area contributed by atoms with Crippen molar-refractivity contribution < 1.29 is 14.3 Å². The second kappa shape index (κ2) is 9.32. The fourth-order valence-electron chi connectivity index (χ4n) is 3.49. The normalized spacial score (nSPS) is 16.0. The summed E-state index contributed by atoms with van der Waals surface area (Å²) in [6.45, 7) is 2.54. The van der Waals surface area contributed by atoms with E-state index in [0.717, 1.165) is 15.9 Å². The highest BCUT2D eigenvalue weighted by Gasteiger charge is 2.30. The van der Waals surface area contributed by atoms with Gasteiger partial charge in [0.25, 0.3) is 0 Å². The third-order valence-electron chi connectivity index (χ3n) is 4.79. The largest absolute Gasteiger partial charge is 0.462 e. The lowest BCUT2D eigenvalue weighted by molar-refractivity contribution is -0.112. The van der Waals surface area contributed by atoms with E-state index in [1.165, 1.54) is 0 Å². The standard InChI is InChI=1S/C22H25BrN2O3S/c1-5-28-22(27)20-18(13-29-14-9-7-6-8-10-14)25(4)17-11-16(23)21(26)15(19(17)20)12-24(2)3/h6-11,16H,5,12-13H2,1-4H3. The van der Waals surface area contributed by atoms with Crippen molar-refractivity contribution in [2.24, 2.45) is 7.05 Å². The minimum absolute atomic E-state index is 0.00962. The van der Waals surface area contributed by atoms with Crippen LogP contribution in [0.25, 0.3) is 11.6 Å². The van der Waals surface area contributed by atoms with Crippen LogP contribution in [0.4, 0.5) is 0 Å². The van der Waals surface area contributed by atoms with Crippen molar-refractivity contribution in [2.75, 3.05) is 27.2 Å². The van der Waals surface area contributed by atoms with Gasteiger partial charge in [-0.15, -0.1) is 11.8 Å². The molecule has 0 saturated heterocycles. The van der Waals surface area contributed by atoms with Crippen LogP contribution < -0.4 is 10.6 Å². The van der Waals surface area contributed by atoms with Gasteiger partial charge in [0.15, 0.2) is 5.78 Å². The van der Waals surface area contributed by atoms with Crippen LogP contribution in [-0.2, 0) is 22.3 Å². The molecule has 0 spiro atoms. The number of benzene rings is 1. The molecule has 1 aliphatic rings. The molecule has 2 aromatic rings. The van der Waals surface area contributed by atoms with E-state index in [1.807, 2.05) is 67.0 Å². The number of halogens is 1. The Morgan fingerprint density at radius 3 is 2.59 bits per heavy atom. The number of hydrogen-bond acceptors (Lipinski definition) is 5. The fourth-order valence-corrected chi connectivity index (χ4v) is 5.01. The molecule has 0 aliphatic heterocycles. The van der Waals surface area contributed by atoms with E-state index in [4.69, 9.17) is 4.74 Å². The van der Waals surface area contributed by atoms with Crippen molar-refractivity contribution in [3.05, 3.63) is 52.2 Å². The molecule has 29 heavy (non-hydrogen) atoms. The summed E-state index contributed by atoms with van der Waals surface area (Å²) in [5, 5.41) is 1.60. The van der Waals surface area contributed by atoms with E-state index in [2.05, 4.69) is 15.9 Å². The maximum absolute atomic E-state index is 13.0. The molecule has 1 atom stereocenters. The number of alkyl halides is 1. The average molecular weight is 477 g/mol. The van der Waals surface area contributed by atoms with Gasteiger partial charge in [-0.3, -0.25) is 4.79 Å². The summed E-state index contributed by atoms with van der Waals surface area (Å²) in [4.78, 5) is 28.6. The molecule has 0 fully saturated rings. The quantitative estimate of drug-likeness (QED) is 0.348. The number of ketones is 1. The molecule has 7 heteroatoms. The van der Waals surface area contributed by atoms with Gasteiger partial charge < -0.3 is 14.2 Å². The van der Waals surface area contributed by atoms with Crippen molar-refractivity contribution in [1.82, 2.24) is 9.47 Å². The van der Waals surface area contributed by atoms with Gasteiger partial charge in [-0.05, 0) is 39.2 Å². The zero-order valence-corrected chi connectivity index (χ0v) is 19.5. The number of carbonyl (C=O) groups excluding carboxylic acids is 2. The predicted octanol–water partition coefficient (Wildman–Crippen LogP) is 2.33. The van der Waals surface area contributed by atoms with E-state index >= 15 is 0 Å². The van der Waals surface area contributed by atoms with E-state index in [0.29, 0.717) is 28.7 Å². The second-order valence-corrected chi connectivity index (χ2v) is 9.15. The molecular formula is C22H25BrN2O3S. The van der Waals surface area contributed by atoms with Gasteiger partial charge >= 0.3 is 5.97 Å². The van der Waals surface area contributed by atoms with Crippen LogP contribution in [0.3, 0.4) is 0 Å². The summed E-state index contributed by atoms with van der Waals surface area (Å²) in [5.41, 5.74) is 2.02. The molecule has 0 N–H and O–H groups in total. The molecule has 0 bridgehead atoms. The monoisotopic (exact) mass is 476 g/mol. The number of esters is 1. The van der Waals surface area contributed by atoms with Crippen LogP contribution in [0.2, 0.25) is 0 Å². The number of carbonyl (C=O) groups is 2. The van der Waals surface area contributed by atoms with Gasteiger partial charge in [0, 0.05) is 46.1 Å². The minimum atomic E-state index is -0.400. The SMILES string of the molecule is CCOC(=O)c1c(CSc2ccccc2)n(C)c2c1=C(CN(C)C)C(=O)C(Br)C=2. The first-order chi connectivity index (χ1) is 13.8. The van der Waals surface area contributed by atoms with Crippen LogP contribution in [-0.4, -0.2) is 53.3 Å². The van der Waals surface area contributed by atoms with Crippen LogP contribution in [0.15, 0.2) is 35.2 Å². The molecule has 1 heterocycles. The zero-order valence-electron chi connectivity index (χ0n) is 17.1. The molecule has 1 aromatic heterocycles. The van der Waals surface area contributed by atoms with Gasteiger partial charge in [0.2, 0.25) is 0 Å². The van der Waals surface area contributed by atoms with Crippen molar-refractivity contribution in [3.8, 4) is 0 Å². The molecule has 154 valence electrons. The molecule has 0 radical (unpaired) electrons. The number of ether oxygens (including phenoxy) is 1. The summed E-state index contributed by atoms with van der Waals surface area (Å²) in [6.07, 6.45) is 1.89. The molecular weight excluding hydrogens is 452 g/mol. The minimum Gasteiger partial charge on any atom is -0.462 e. The maximum Gasteiger partial charge on any atom is 0.340 e. The van der Waals surface area contributed by atoms with Crippen LogP contribution in [0.1, 0.15) is 23.0 Å². The summed E-state index contributed by atoms with van der Waals surface area (Å²) in [5.74, 6) is 0.217. The second-order valence-electron chi connectivity index (χ2n) is 7.11. The molecule has 1 unspecified atom stereocenters. The lowest BCUT2D eigenvalue weighted by Crippen LogP contribution is -2.43. The molecule has 1 aromatic carbocycles. The highest BCUT2D eigenvalue weighted by Crippen LogP contribution is 2.24. The number of Topliss-reactive ketones (excluding diaryl/α,β-unsaturated/α-hetero) is 1. The Kier molecular flexibility index (Phi) is 7.03. The highest BCUT2D eigenvalue weighted by molar-refractivity contribution is 9.10. The molecule has 0 amide bonds. The summed E-state index contributed by atoms with van der Waals surface area (Å²) < 4.78 is 7.41. The smallest absolute Gasteiger partial charge is 0.340 e. The van der Waals surface area contributed by atoms with Crippen molar-refractivity contribution in [2.45, 2.75) is 22.4 Å². The summed E-state index contributed by atoms with van der Waals surface area (Å²) >= 11 is 5.14. The highest BCUT2D eigenvalue weighted by atomic mass is 79.9. The number of fused-ring (bicyclic) bond motifs is 1. The van der Waals surface area contributed by atoms with E-state index in [9.17, 15) is 9.59 Å². The topological polar surface area (TPSA) is 51.5 Å². The Hall–Kier alpha value is -1.83. The van der Waals surface area contributed by atoms with Crippen LogP contribution in [0.5, 0.6) is 0 Å². The van der Waals surface area contributed by atoms with Gasteiger partial charge in [0.05, 0.1) is 17.0 Å². The molecule has 5 nitrogen and oxygen atoms in total. The first-order valence-corrected chi connectivity index (χ1v) is 11.4. The Bertz CT molecular complexity index is 1040. The van der Waals surface area contributed by atoms with Crippen molar-refractivity contribution >= 4 is 51.1 Å². The Morgan fingerprint density at radius 1 is 1.28 bits per heavy atom. The van der Waals surface area contributed by atoms with E-state index < -0.39 is 4.83 Å². The Labute approximate surface area is 183 Å². The van der Waals surface area contributed by atoms with E-state index in [1.54, 1.807) is 18.7 Å². The Balaban J connectivity index is 2.23. The van der Waals surface area contributed by atoms with Gasteiger partial charge in [0.1, 0.15) is 0 Å².